The van der Waals surface area contributed by atoms with Crippen molar-refractivity contribution in [2.75, 3.05) is 0 Å². The first-order chi connectivity index (χ1) is 8.36. The number of hydrogen-bond donors (Lipinski definition) is 2. The second kappa shape index (κ2) is 4.57. The summed E-state index contributed by atoms with van der Waals surface area (Å²) in [6.45, 7) is 8.40. The second-order valence-corrected chi connectivity index (χ2v) is 6.03. The third kappa shape index (κ3) is 2.53. The van der Waals surface area contributed by atoms with Crippen molar-refractivity contribution in [3.8, 4) is 0 Å². The topological polar surface area (TPSA) is 73.1 Å². The van der Waals surface area contributed by atoms with Crippen LogP contribution in [-0.4, -0.2) is 21.2 Å². The van der Waals surface area contributed by atoms with Gasteiger partial charge >= 0.3 is 0 Å². The zero-order chi connectivity index (χ0) is 13.4. The number of ether oxygens (including phenoxy) is 1. The lowest BCUT2D eigenvalue weighted by Crippen LogP contribution is -2.42. The molecule has 1 fully saturated rings. The molecule has 0 aliphatic carbocycles. The van der Waals surface area contributed by atoms with E-state index in [2.05, 4.69) is 43.1 Å². The smallest absolute Gasteiger partial charge is 0.146 e. The highest BCUT2D eigenvalue weighted by Gasteiger charge is 2.49. The number of nitrogens with two attached hydrogens (primary N) is 1. The molecule has 2 unspecified atom stereocenters. The number of aromatic nitrogens is 2. The highest BCUT2D eigenvalue weighted by atomic mass is 16.5. The van der Waals surface area contributed by atoms with Crippen LogP contribution >= 0.6 is 0 Å². The predicted octanol–water partition coefficient (Wildman–Crippen LogP) is 1.57. The van der Waals surface area contributed by atoms with Crippen molar-refractivity contribution in [1.82, 2.24) is 15.4 Å². The standard InChI is InChI=1S/C13H22N4O/c1-12(2)8-9(13(3,4)18-12)10(17-14)11-15-6-5-7-16-11/h5-7,9-10,17H,8,14H2,1-4H3. The number of nitrogens with one attached hydrogen (secondary N) is 1. The van der Waals surface area contributed by atoms with Crippen LogP contribution in [0.4, 0.5) is 0 Å². The molecule has 0 bridgehead atoms. The molecule has 0 radical (unpaired) electrons. The van der Waals surface area contributed by atoms with Crippen molar-refractivity contribution < 1.29 is 4.74 Å². The maximum Gasteiger partial charge on any atom is 0.146 e. The molecule has 1 aliphatic heterocycles. The SMILES string of the molecule is CC1(C)CC(C(NN)c2ncccn2)C(C)(C)O1. The first-order valence-electron chi connectivity index (χ1n) is 6.29. The Bertz CT molecular complexity index is 405. The molecule has 100 valence electrons. The van der Waals surface area contributed by atoms with Crippen LogP contribution in [0, 0.1) is 5.92 Å². The summed E-state index contributed by atoms with van der Waals surface area (Å²) in [6, 6.07) is 1.71. The summed E-state index contributed by atoms with van der Waals surface area (Å²) in [5.41, 5.74) is 2.46. The van der Waals surface area contributed by atoms with E-state index in [1.54, 1.807) is 18.5 Å². The van der Waals surface area contributed by atoms with E-state index in [1.807, 2.05) is 0 Å². The lowest BCUT2D eigenvalue weighted by atomic mass is 9.81. The summed E-state index contributed by atoms with van der Waals surface area (Å²) < 4.78 is 6.10. The van der Waals surface area contributed by atoms with Crippen LogP contribution in [0.3, 0.4) is 0 Å². The molecule has 18 heavy (non-hydrogen) atoms. The summed E-state index contributed by atoms with van der Waals surface area (Å²) in [7, 11) is 0. The van der Waals surface area contributed by atoms with Gasteiger partial charge in [0.25, 0.3) is 0 Å². The zero-order valence-electron chi connectivity index (χ0n) is 11.5. The molecule has 1 aliphatic rings. The van der Waals surface area contributed by atoms with E-state index in [4.69, 9.17) is 10.6 Å². The fraction of sp³-hybridized carbons (Fsp3) is 0.692. The molecule has 5 heteroatoms. The average molecular weight is 250 g/mol. The van der Waals surface area contributed by atoms with Crippen LogP contribution in [0.2, 0.25) is 0 Å². The molecule has 2 rings (SSSR count). The summed E-state index contributed by atoms with van der Waals surface area (Å²) in [5, 5.41) is 0. The van der Waals surface area contributed by atoms with Crippen LogP contribution in [0.15, 0.2) is 18.5 Å². The van der Waals surface area contributed by atoms with Gasteiger partial charge < -0.3 is 4.74 Å². The molecule has 2 atom stereocenters. The lowest BCUT2D eigenvalue weighted by Gasteiger charge is -2.31. The Morgan fingerprint density at radius 1 is 1.33 bits per heavy atom. The van der Waals surface area contributed by atoms with E-state index in [1.165, 1.54) is 0 Å². The minimum atomic E-state index is -0.250. The quantitative estimate of drug-likeness (QED) is 0.629. The maximum absolute atomic E-state index is 6.10. The van der Waals surface area contributed by atoms with E-state index in [-0.39, 0.29) is 23.2 Å². The number of hydrogen-bond acceptors (Lipinski definition) is 5. The first-order valence-corrected chi connectivity index (χ1v) is 6.29. The largest absolute Gasteiger partial charge is 0.369 e. The van der Waals surface area contributed by atoms with Crippen molar-refractivity contribution in [2.45, 2.75) is 51.4 Å². The van der Waals surface area contributed by atoms with Crippen LogP contribution in [-0.2, 0) is 4.74 Å². The first kappa shape index (κ1) is 13.4. The van der Waals surface area contributed by atoms with Gasteiger partial charge in [-0.1, -0.05) is 0 Å². The highest BCUT2D eigenvalue weighted by Crippen LogP contribution is 2.46. The van der Waals surface area contributed by atoms with Crippen LogP contribution in [0.25, 0.3) is 0 Å². The van der Waals surface area contributed by atoms with Crippen LogP contribution in [0.5, 0.6) is 0 Å². The molecule has 1 aromatic heterocycles. The van der Waals surface area contributed by atoms with Gasteiger partial charge in [-0.25, -0.2) is 15.4 Å². The van der Waals surface area contributed by atoms with Gasteiger partial charge in [0.1, 0.15) is 5.82 Å². The Labute approximate surface area is 108 Å². The fourth-order valence-corrected chi connectivity index (χ4v) is 2.97. The number of rotatable bonds is 3. The Hall–Kier alpha value is -1.04. The molecule has 1 saturated heterocycles. The van der Waals surface area contributed by atoms with Crippen LogP contribution in [0.1, 0.15) is 46.0 Å². The average Bonchev–Trinajstić information content (AvgIpc) is 2.50. The molecule has 0 saturated carbocycles. The predicted molar refractivity (Wildman–Crippen MR) is 69.4 cm³/mol. The number of nitrogens with zero attached hydrogens (tertiary/aromatic N) is 2. The van der Waals surface area contributed by atoms with Crippen molar-refractivity contribution in [2.24, 2.45) is 11.8 Å². The third-order valence-electron chi connectivity index (χ3n) is 3.59. The third-order valence-corrected chi connectivity index (χ3v) is 3.59. The summed E-state index contributed by atoms with van der Waals surface area (Å²) in [4.78, 5) is 8.60. The Balaban J connectivity index is 2.29. The van der Waals surface area contributed by atoms with E-state index in [0.717, 1.165) is 12.2 Å². The molecule has 1 aromatic rings. The Kier molecular flexibility index (Phi) is 3.40. The Morgan fingerprint density at radius 2 is 1.94 bits per heavy atom. The van der Waals surface area contributed by atoms with Crippen molar-refractivity contribution in [3.63, 3.8) is 0 Å². The van der Waals surface area contributed by atoms with Gasteiger partial charge in [0.2, 0.25) is 0 Å². The van der Waals surface area contributed by atoms with E-state index < -0.39 is 0 Å². The normalized spacial score (nSPS) is 27.1. The second-order valence-electron chi connectivity index (χ2n) is 6.03. The molecule has 0 aromatic carbocycles. The minimum Gasteiger partial charge on any atom is -0.369 e. The van der Waals surface area contributed by atoms with E-state index >= 15 is 0 Å². The van der Waals surface area contributed by atoms with E-state index in [9.17, 15) is 0 Å². The molecule has 0 spiro atoms. The molecular weight excluding hydrogens is 228 g/mol. The highest BCUT2D eigenvalue weighted by molar-refractivity contribution is 5.06. The monoisotopic (exact) mass is 250 g/mol. The maximum atomic E-state index is 6.10. The van der Waals surface area contributed by atoms with Gasteiger partial charge in [-0.15, -0.1) is 0 Å². The Morgan fingerprint density at radius 3 is 2.39 bits per heavy atom. The van der Waals surface area contributed by atoms with Crippen molar-refractivity contribution in [1.29, 1.82) is 0 Å². The summed E-state index contributed by atoms with van der Waals surface area (Å²) >= 11 is 0. The van der Waals surface area contributed by atoms with Gasteiger partial charge in [-0.05, 0) is 40.2 Å². The summed E-state index contributed by atoms with van der Waals surface area (Å²) in [6.07, 6.45) is 4.40. The molecule has 2 heterocycles. The van der Waals surface area contributed by atoms with Crippen molar-refractivity contribution >= 4 is 0 Å². The van der Waals surface area contributed by atoms with E-state index in [0.29, 0.717) is 0 Å². The zero-order valence-corrected chi connectivity index (χ0v) is 11.5. The van der Waals surface area contributed by atoms with Crippen LogP contribution < -0.4 is 11.3 Å². The van der Waals surface area contributed by atoms with Gasteiger partial charge in [0.05, 0.1) is 17.2 Å². The number of hydrazine groups is 1. The molecule has 3 N–H and O–H groups in total. The summed E-state index contributed by atoms with van der Waals surface area (Å²) in [5.74, 6) is 6.67. The van der Waals surface area contributed by atoms with Crippen molar-refractivity contribution in [3.05, 3.63) is 24.3 Å². The van der Waals surface area contributed by atoms with Gasteiger partial charge in [0, 0.05) is 18.3 Å². The fourth-order valence-electron chi connectivity index (χ4n) is 2.97. The lowest BCUT2D eigenvalue weighted by molar-refractivity contribution is -0.0781. The molecule has 5 nitrogen and oxygen atoms in total. The van der Waals surface area contributed by atoms with Gasteiger partial charge in [-0.3, -0.25) is 5.84 Å². The molecular formula is C13H22N4O. The van der Waals surface area contributed by atoms with Gasteiger partial charge in [0.15, 0.2) is 0 Å². The minimum absolute atomic E-state index is 0.0945. The molecule has 0 amide bonds. The van der Waals surface area contributed by atoms with Gasteiger partial charge in [-0.2, -0.15) is 0 Å².